The van der Waals surface area contributed by atoms with E-state index < -0.39 is 0 Å². The molecule has 3 rings (SSSR count). The fraction of sp³-hybridized carbons (Fsp3) is 0.500. The van der Waals surface area contributed by atoms with E-state index in [0.29, 0.717) is 5.92 Å². The summed E-state index contributed by atoms with van der Waals surface area (Å²) in [5.74, 6) is 1.71. The molecule has 2 aromatic rings. The molecule has 102 valence electrons. The van der Waals surface area contributed by atoms with Gasteiger partial charge in [0.15, 0.2) is 0 Å². The molecule has 1 unspecified atom stereocenters. The normalized spacial score (nSPS) is 23.6. The maximum atomic E-state index is 6.09. The van der Waals surface area contributed by atoms with E-state index in [9.17, 15) is 0 Å². The first kappa shape index (κ1) is 13.0. The molecule has 2 nitrogen and oxygen atoms in total. The number of furan rings is 1. The number of halogens is 1. The highest BCUT2D eigenvalue weighted by atomic mass is 35.5. The molecule has 1 aromatic carbocycles. The van der Waals surface area contributed by atoms with Crippen molar-refractivity contribution in [1.29, 1.82) is 0 Å². The molecular formula is C16H20ClNO. The number of rotatable bonds is 3. The van der Waals surface area contributed by atoms with Crippen molar-refractivity contribution in [3.63, 3.8) is 0 Å². The number of fused-ring (bicyclic) bond motifs is 1. The molecule has 2 heterocycles. The van der Waals surface area contributed by atoms with Crippen molar-refractivity contribution in [1.82, 2.24) is 5.32 Å². The molecule has 1 aliphatic heterocycles. The summed E-state index contributed by atoms with van der Waals surface area (Å²) >= 11 is 6.05. The van der Waals surface area contributed by atoms with Gasteiger partial charge >= 0.3 is 0 Å². The standard InChI is InChI=1S/C16H20ClNO/c1-11(2)10-16(6-3-7-18-16)15-9-12-8-13(17)4-5-14(12)19-15/h4-5,8-9,11,18H,3,6-7,10H2,1-2H3. The lowest BCUT2D eigenvalue weighted by molar-refractivity contribution is 0.261. The summed E-state index contributed by atoms with van der Waals surface area (Å²) in [7, 11) is 0. The maximum absolute atomic E-state index is 6.09. The van der Waals surface area contributed by atoms with Gasteiger partial charge in [0.2, 0.25) is 0 Å². The topological polar surface area (TPSA) is 25.2 Å². The highest BCUT2D eigenvalue weighted by molar-refractivity contribution is 6.31. The second-order valence-electron chi connectivity index (χ2n) is 6.00. The third-order valence-corrected chi connectivity index (χ3v) is 4.19. The quantitative estimate of drug-likeness (QED) is 0.879. The van der Waals surface area contributed by atoms with Crippen LogP contribution in [0.5, 0.6) is 0 Å². The second kappa shape index (κ2) is 4.84. The van der Waals surface area contributed by atoms with Crippen molar-refractivity contribution in [3.8, 4) is 0 Å². The zero-order chi connectivity index (χ0) is 13.5. The summed E-state index contributed by atoms with van der Waals surface area (Å²) in [6, 6.07) is 7.97. The van der Waals surface area contributed by atoms with Crippen molar-refractivity contribution >= 4 is 22.6 Å². The van der Waals surface area contributed by atoms with Crippen LogP contribution >= 0.6 is 11.6 Å². The van der Waals surface area contributed by atoms with E-state index in [1.165, 1.54) is 6.42 Å². The minimum Gasteiger partial charge on any atom is -0.459 e. The van der Waals surface area contributed by atoms with Crippen LogP contribution in [0.25, 0.3) is 11.0 Å². The van der Waals surface area contributed by atoms with E-state index in [0.717, 1.165) is 41.1 Å². The van der Waals surface area contributed by atoms with Crippen molar-refractivity contribution in [3.05, 3.63) is 35.0 Å². The Balaban J connectivity index is 2.05. The zero-order valence-corrected chi connectivity index (χ0v) is 12.3. The first-order valence-corrected chi connectivity index (χ1v) is 7.41. The molecule has 0 saturated carbocycles. The SMILES string of the molecule is CC(C)CC1(c2cc3cc(Cl)ccc3o2)CCCN1. The Morgan fingerprint density at radius 3 is 2.89 bits per heavy atom. The largest absolute Gasteiger partial charge is 0.459 e. The van der Waals surface area contributed by atoms with Crippen molar-refractivity contribution in [2.75, 3.05) is 6.54 Å². The van der Waals surface area contributed by atoms with Crippen LogP contribution in [0.2, 0.25) is 5.02 Å². The molecule has 3 heteroatoms. The minimum atomic E-state index is 0.0136. The van der Waals surface area contributed by atoms with Gasteiger partial charge in [-0.25, -0.2) is 0 Å². The van der Waals surface area contributed by atoms with E-state index >= 15 is 0 Å². The fourth-order valence-electron chi connectivity index (χ4n) is 3.24. The Kier molecular flexibility index (Phi) is 3.32. The van der Waals surface area contributed by atoms with Gasteiger partial charge in [0.25, 0.3) is 0 Å². The van der Waals surface area contributed by atoms with Crippen molar-refractivity contribution < 1.29 is 4.42 Å². The minimum absolute atomic E-state index is 0.0136. The third kappa shape index (κ3) is 2.39. The number of hydrogen-bond donors (Lipinski definition) is 1. The molecule has 1 aliphatic rings. The summed E-state index contributed by atoms with van der Waals surface area (Å²) in [4.78, 5) is 0. The first-order chi connectivity index (χ1) is 9.09. The number of nitrogens with one attached hydrogen (secondary N) is 1. The van der Waals surface area contributed by atoms with Crippen LogP contribution in [0.1, 0.15) is 38.9 Å². The van der Waals surface area contributed by atoms with Gasteiger partial charge in [-0.1, -0.05) is 25.4 Å². The van der Waals surface area contributed by atoms with Gasteiger partial charge in [-0.3, -0.25) is 0 Å². The lowest BCUT2D eigenvalue weighted by Crippen LogP contribution is -2.37. The molecular weight excluding hydrogens is 258 g/mol. The molecule has 1 fully saturated rings. The molecule has 1 saturated heterocycles. The third-order valence-electron chi connectivity index (χ3n) is 3.95. The van der Waals surface area contributed by atoms with Crippen LogP contribution in [-0.4, -0.2) is 6.54 Å². The van der Waals surface area contributed by atoms with Gasteiger partial charge < -0.3 is 9.73 Å². The molecule has 0 radical (unpaired) electrons. The Morgan fingerprint density at radius 2 is 2.21 bits per heavy atom. The predicted octanol–water partition coefficient (Wildman–Crippen LogP) is 4.71. The van der Waals surface area contributed by atoms with Crippen molar-refractivity contribution in [2.45, 2.75) is 38.6 Å². The molecule has 1 atom stereocenters. The Morgan fingerprint density at radius 1 is 1.37 bits per heavy atom. The Hall–Kier alpha value is -0.990. The molecule has 1 N–H and O–H groups in total. The van der Waals surface area contributed by atoms with Gasteiger partial charge in [-0.15, -0.1) is 0 Å². The maximum Gasteiger partial charge on any atom is 0.134 e. The van der Waals surface area contributed by atoms with Crippen LogP contribution < -0.4 is 5.32 Å². The van der Waals surface area contributed by atoms with Crippen LogP contribution in [-0.2, 0) is 5.54 Å². The summed E-state index contributed by atoms with van der Waals surface area (Å²) < 4.78 is 6.09. The van der Waals surface area contributed by atoms with Crippen molar-refractivity contribution in [2.24, 2.45) is 5.92 Å². The average molecular weight is 278 g/mol. The van der Waals surface area contributed by atoms with E-state index in [2.05, 4.69) is 25.2 Å². The van der Waals surface area contributed by atoms with E-state index in [4.69, 9.17) is 16.0 Å². The fourth-order valence-corrected chi connectivity index (χ4v) is 3.42. The highest BCUT2D eigenvalue weighted by Gasteiger charge is 2.38. The van der Waals surface area contributed by atoms with Crippen LogP contribution in [0.15, 0.2) is 28.7 Å². The summed E-state index contributed by atoms with van der Waals surface area (Å²) in [5, 5.41) is 5.52. The monoisotopic (exact) mass is 277 g/mol. The highest BCUT2D eigenvalue weighted by Crippen LogP contribution is 2.39. The summed E-state index contributed by atoms with van der Waals surface area (Å²) in [6.45, 7) is 5.60. The lowest BCUT2D eigenvalue weighted by atomic mass is 9.85. The summed E-state index contributed by atoms with van der Waals surface area (Å²) in [5.41, 5.74) is 0.941. The van der Waals surface area contributed by atoms with Gasteiger partial charge in [-0.05, 0) is 56.0 Å². The van der Waals surface area contributed by atoms with Crippen LogP contribution in [0.3, 0.4) is 0 Å². The number of hydrogen-bond acceptors (Lipinski definition) is 2. The predicted molar refractivity (Wildman–Crippen MR) is 79.6 cm³/mol. The van der Waals surface area contributed by atoms with E-state index in [1.54, 1.807) is 0 Å². The van der Waals surface area contributed by atoms with Crippen LogP contribution in [0, 0.1) is 5.92 Å². The van der Waals surface area contributed by atoms with E-state index in [1.807, 2.05) is 18.2 Å². The second-order valence-corrected chi connectivity index (χ2v) is 6.44. The molecule has 19 heavy (non-hydrogen) atoms. The van der Waals surface area contributed by atoms with Gasteiger partial charge in [0, 0.05) is 10.4 Å². The Labute approximate surface area is 119 Å². The van der Waals surface area contributed by atoms with Gasteiger partial charge in [0.1, 0.15) is 11.3 Å². The summed E-state index contributed by atoms with van der Waals surface area (Å²) in [6.07, 6.45) is 3.48. The smallest absolute Gasteiger partial charge is 0.134 e. The van der Waals surface area contributed by atoms with Crippen LogP contribution in [0.4, 0.5) is 0 Å². The number of benzene rings is 1. The zero-order valence-electron chi connectivity index (χ0n) is 11.5. The molecule has 0 amide bonds. The first-order valence-electron chi connectivity index (χ1n) is 7.04. The van der Waals surface area contributed by atoms with E-state index in [-0.39, 0.29) is 5.54 Å². The van der Waals surface area contributed by atoms with Gasteiger partial charge in [-0.2, -0.15) is 0 Å². The molecule has 0 spiro atoms. The Bertz CT molecular complexity index is 581. The average Bonchev–Trinajstić information content (AvgIpc) is 2.94. The molecule has 0 bridgehead atoms. The molecule has 0 aliphatic carbocycles. The lowest BCUT2D eigenvalue weighted by Gasteiger charge is -2.29. The molecule has 1 aromatic heterocycles. The van der Waals surface area contributed by atoms with Gasteiger partial charge in [0.05, 0.1) is 5.54 Å².